The first-order valence-corrected chi connectivity index (χ1v) is 19.5. The predicted molar refractivity (Wildman–Crippen MR) is 216 cm³/mol. The van der Waals surface area contributed by atoms with Crippen molar-refractivity contribution in [1.82, 2.24) is 28.7 Å². The molecule has 10 rings (SSSR count). The molecule has 4 aliphatic rings. The zero-order valence-corrected chi connectivity index (χ0v) is 34.4. The van der Waals surface area contributed by atoms with Crippen molar-refractivity contribution >= 4 is 33.1 Å². The van der Waals surface area contributed by atoms with Crippen LogP contribution in [0.15, 0.2) is 58.6 Å². The molecule has 0 aromatic carbocycles. The number of aromatic nitrogens is 6. The van der Waals surface area contributed by atoms with E-state index in [0.717, 1.165) is 45.0 Å². The van der Waals surface area contributed by atoms with Crippen molar-refractivity contribution in [2.45, 2.75) is 137 Å². The molecule has 0 bridgehead atoms. The molecule has 9 nitrogen and oxygen atoms in total. The van der Waals surface area contributed by atoms with Gasteiger partial charge in [-0.3, -0.25) is 24.0 Å². The first-order chi connectivity index (χ1) is 25.2. The molecule has 2 saturated carbocycles. The van der Waals surface area contributed by atoms with Crippen molar-refractivity contribution < 1.29 is 4.74 Å². The molecule has 0 saturated heterocycles. The number of fused-ring (bicyclic) bond motifs is 13. The molecule has 282 valence electrons. The second-order valence-corrected chi connectivity index (χ2v) is 19.1. The summed E-state index contributed by atoms with van der Waals surface area (Å²) in [6, 6.07) is 7.84. The molecule has 0 N–H and O–H groups in total. The fourth-order valence-electron chi connectivity index (χ4n) is 10.1. The Kier molecular flexibility index (Phi) is 7.38. The van der Waals surface area contributed by atoms with Gasteiger partial charge < -0.3 is 9.14 Å². The quantitative estimate of drug-likeness (QED) is 0.144. The Balaban J connectivity index is 0.000000147. The first-order valence-electron chi connectivity index (χ1n) is 19.5. The van der Waals surface area contributed by atoms with Crippen LogP contribution in [-0.2, 0) is 21.7 Å². The van der Waals surface area contributed by atoms with Gasteiger partial charge in [0, 0.05) is 68.8 Å². The van der Waals surface area contributed by atoms with Crippen molar-refractivity contribution in [2.24, 2.45) is 11.3 Å². The van der Waals surface area contributed by atoms with E-state index in [1.54, 1.807) is 6.20 Å². The van der Waals surface area contributed by atoms with Gasteiger partial charge in [0.1, 0.15) is 5.60 Å². The molecule has 0 amide bonds. The van der Waals surface area contributed by atoms with Crippen LogP contribution in [0.5, 0.6) is 5.88 Å². The number of ether oxygens (including phenoxy) is 1. The molecule has 9 heteroatoms. The summed E-state index contributed by atoms with van der Waals surface area (Å²) in [7, 11) is 0. The van der Waals surface area contributed by atoms with Crippen molar-refractivity contribution in [3.8, 4) is 5.88 Å². The Morgan fingerprint density at radius 1 is 0.741 bits per heavy atom. The van der Waals surface area contributed by atoms with Crippen LogP contribution in [0.3, 0.4) is 0 Å². The monoisotopic (exact) mass is 726 g/mol. The third kappa shape index (κ3) is 4.38. The summed E-state index contributed by atoms with van der Waals surface area (Å²) in [6.07, 6.45) is 9.01. The van der Waals surface area contributed by atoms with Gasteiger partial charge in [0.05, 0.1) is 16.6 Å². The third-order valence-corrected chi connectivity index (χ3v) is 14.0. The SMILES string of the molecule is CC.CC(C)(C)c1cn2c3c(c(=O)nc2c2cccnc12)C(C)(C)C(C)(C)O3.CC(C)(C)c1cn2c3c(c(=O)nc2c2cccnc12)C1CC2C3(C)C12C. The van der Waals surface area contributed by atoms with Gasteiger partial charge in [-0.25, -0.2) is 0 Å². The highest BCUT2D eigenvalue weighted by Crippen LogP contribution is 2.89. The Hall–Kier alpha value is -4.66. The van der Waals surface area contributed by atoms with Crippen LogP contribution in [0, 0.1) is 11.3 Å². The minimum absolute atomic E-state index is 0.0215. The maximum atomic E-state index is 13.0. The summed E-state index contributed by atoms with van der Waals surface area (Å²) in [5.41, 5.74) is 7.42. The third-order valence-electron chi connectivity index (χ3n) is 14.0. The van der Waals surface area contributed by atoms with Crippen molar-refractivity contribution in [2.75, 3.05) is 0 Å². The number of rotatable bonds is 0. The maximum absolute atomic E-state index is 13.0. The predicted octanol–water partition coefficient (Wildman–Crippen LogP) is 8.95. The summed E-state index contributed by atoms with van der Waals surface area (Å²) in [5, 5.41) is 1.84. The molecule has 3 aliphatic carbocycles. The molecule has 6 aromatic heterocycles. The standard InChI is InChI=1S/C22H23N3O.C21H25N3O2.C2H6/c1-20(2,3)13-10-25-17-15(12-9-14-21(12,4)22(14,17)5)19(26)24-18(25)11-7-6-8-23-16(11)13;1-19(2,3)13-11-24-16(12-9-8-10-22-15(12)13)23-17(25)14-18(24)26-21(6,7)20(14,4)5;1-2/h6-8,10,12,14H,9H2,1-5H3;8-11H,1-7H3;1-2H3. The fourth-order valence-corrected chi connectivity index (χ4v) is 10.1. The summed E-state index contributed by atoms with van der Waals surface area (Å²) < 4.78 is 10.5. The van der Waals surface area contributed by atoms with E-state index in [-0.39, 0.29) is 32.8 Å². The van der Waals surface area contributed by atoms with Gasteiger partial charge in [-0.15, -0.1) is 0 Å². The number of nitrogens with zero attached hydrogens (tertiary/aromatic N) is 6. The lowest BCUT2D eigenvalue weighted by Crippen LogP contribution is -2.43. The van der Waals surface area contributed by atoms with E-state index < -0.39 is 11.0 Å². The smallest absolute Gasteiger partial charge is 0.281 e. The van der Waals surface area contributed by atoms with Gasteiger partial charge >= 0.3 is 0 Å². The lowest BCUT2D eigenvalue weighted by molar-refractivity contribution is 0.0667. The van der Waals surface area contributed by atoms with E-state index in [2.05, 4.69) is 92.0 Å². The van der Waals surface area contributed by atoms with Crippen LogP contribution in [0.25, 0.3) is 33.1 Å². The van der Waals surface area contributed by atoms with Crippen LogP contribution in [0.2, 0.25) is 0 Å². The van der Waals surface area contributed by atoms with Gasteiger partial charge in [-0.1, -0.05) is 83.1 Å². The van der Waals surface area contributed by atoms with Crippen molar-refractivity contribution in [3.05, 3.63) is 97.7 Å². The normalized spacial score (nSPS) is 25.1. The summed E-state index contributed by atoms with van der Waals surface area (Å²) in [5.74, 6) is 1.71. The Morgan fingerprint density at radius 2 is 1.24 bits per heavy atom. The van der Waals surface area contributed by atoms with E-state index in [9.17, 15) is 9.59 Å². The number of hydrogen-bond acceptors (Lipinski definition) is 7. The maximum Gasteiger partial charge on any atom is 0.281 e. The summed E-state index contributed by atoms with van der Waals surface area (Å²) >= 11 is 0. The lowest BCUT2D eigenvalue weighted by Gasteiger charge is -2.32. The molecule has 2 fully saturated rings. The van der Waals surface area contributed by atoms with Crippen LogP contribution >= 0.6 is 0 Å². The molecule has 0 radical (unpaired) electrons. The second-order valence-electron chi connectivity index (χ2n) is 19.1. The topological polar surface area (TPSA) is 104 Å². The van der Waals surface area contributed by atoms with E-state index in [1.165, 1.54) is 11.3 Å². The van der Waals surface area contributed by atoms with Gasteiger partial charge in [0.15, 0.2) is 11.3 Å². The Labute approximate surface area is 317 Å². The molecule has 4 atom stereocenters. The molecule has 4 unspecified atom stereocenters. The minimum Gasteiger partial charge on any atom is -0.471 e. The summed E-state index contributed by atoms with van der Waals surface area (Å²) in [4.78, 5) is 44.2. The zero-order valence-electron chi connectivity index (χ0n) is 34.4. The van der Waals surface area contributed by atoms with E-state index >= 15 is 0 Å². The highest BCUT2D eigenvalue weighted by atomic mass is 16.5. The van der Waals surface area contributed by atoms with Crippen LogP contribution in [-0.4, -0.2) is 34.3 Å². The van der Waals surface area contributed by atoms with Crippen molar-refractivity contribution in [1.29, 1.82) is 0 Å². The Morgan fingerprint density at radius 3 is 1.78 bits per heavy atom. The molecule has 7 heterocycles. The molecule has 6 aromatic rings. The van der Waals surface area contributed by atoms with Gasteiger partial charge in [0.2, 0.25) is 5.88 Å². The molecular formula is C45H54N6O3. The first kappa shape index (κ1) is 36.3. The molecule has 54 heavy (non-hydrogen) atoms. The largest absolute Gasteiger partial charge is 0.471 e. The average Bonchev–Trinajstić information content (AvgIpc) is 3.26. The zero-order chi connectivity index (χ0) is 39.3. The minimum atomic E-state index is -0.497. The molecule has 0 spiro atoms. The second kappa shape index (κ2) is 11.0. The van der Waals surface area contributed by atoms with Gasteiger partial charge in [0.25, 0.3) is 11.1 Å². The fraction of sp³-hybridized carbons (Fsp3) is 0.511. The number of pyridine rings is 4. The van der Waals surface area contributed by atoms with E-state index in [1.807, 2.05) is 76.5 Å². The molecular weight excluding hydrogens is 673 g/mol. The van der Waals surface area contributed by atoms with Crippen LogP contribution in [0.4, 0.5) is 0 Å². The molecule has 1 aliphatic heterocycles. The summed E-state index contributed by atoms with van der Waals surface area (Å²) in [6.45, 7) is 30.0. The van der Waals surface area contributed by atoms with Crippen LogP contribution < -0.4 is 15.9 Å². The van der Waals surface area contributed by atoms with Crippen molar-refractivity contribution in [3.63, 3.8) is 0 Å². The highest BCUT2D eigenvalue weighted by molar-refractivity contribution is 5.95. The Bertz CT molecular complexity index is 2710. The van der Waals surface area contributed by atoms with Gasteiger partial charge in [-0.2, -0.15) is 9.97 Å². The number of hydrogen-bond donors (Lipinski definition) is 0. The highest BCUT2D eigenvalue weighted by Gasteiger charge is 2.86. The average molecular weight is 727 g/mol. The van der Waals surface area contributed by atoms with E-state index in [4.69, 9.17) is 4.74 Å². The van der Waals surface area contributed by atoms with Crippen LogP contribution in [0.1, 0.15) is 137 Å². The lowest BCUT2D eigenvalue weighted by atomic mass is 9.72. The van der Waals surface area contributed by atoms with Gasteiger partial charge in [-0.05, 0) is 72.6 Å². The van der Waals surface area contributed by atoms with E-state index in [0.29, 0.717) is 28.9 Å².